The SMILES string of the molecule is Cc1onc(-c2ccccc2)c1C(=O)N1CCC(NC(=O)OC(C)(C)C)C1. The summed E-state index contributed by atoms with van der Waals surface area (Å²) >= 11 is 0. The van der Waals surface area contributed by atoms with Gasteiger partial charge in [0.05, 0.1) is 6.04 Å². The molecule has 2 heterocycles. The quantitative estimate of drug-likeness (QED) is 0.894. The molecule has 1 aromatic carbocycles. The highest BCUT2D eigenvalue weighted by molar-refractivity contribution is 6.01. The summed E-state index contributed by atoms with van der Waals surface area (Å²) in [5.74, 6) is 0.350. The lowest BCUT2D eigenvalue weighted by molar-refractivity contribution is 0.0502. The van der Waals surface area contributed by atoms with E-state index in [4.69, 9.17) is 9.26 Å². The second kappa shape index (κ2) is 7.42. The number of carbonyl (C=O) groups excluding carboxylic acids is 2. The van der Waals surface area contributed by atoms with Crippen molar-refractivity contribution in [3.05, 3.63) is 41.7 Å². The molecule has 27 heavy (non-hydrogen) atoms. The first-order valence-electron chi connectivity index (χ1n) is 9.05. The summed E-state index contributed by atoms with van der Waals surface area (Å²) in [6, 6.07) is 9.35. The zero-order valence-electron chi connectivity index (χ0n) is 16.1. The van der Waals surface area contributed by atoms with E-state index in [0.29, 0.717) is 36.5 Å². The lowest BCUT2D eigenvalue weighted by Crippen LogP contribution is -2.41. The van der Waals surface area contributed by atoms with Crippen LogP contribution in [-0.2, 0) is 4.74 Å². The summed E-state index contributed by atoms with van der Waals surface area (Å²) in [5.41, 5.74) is 1.30. The number of hydrogen-bond donors (Lipinski definition) is 1. The Hall–Kier alpha value is -2.83. The van der Waals surface area contributed by atoms with Gasteiger partial charge in [-0.15, -0.1) is 0 Å². The number of likely N-dealkylation sites (tertiary alicyclic amines) is 1. The largest absolute Gasteiger partial charge is 0.444 e. The summed E-state index contributed by atoms with van der Waals surface area (Å²) < 4.78 is 10.6. The average Bonchev–Trinajstić information content (AvgIpc) is 3.20. The van der Waals surface area contributed by atoms with Crippen LogP contribution in [-0.4, -0.2) is 46.8 Å². The molecule has 1 aromatic heterocycles. The van der Waals surface area contributed by atoms with Gasteiger partial charge in [-0.3, -0.25) is 4.79 Å². The van der Waals surface area contributed by atoms with Crippen LogP contribution in [0.3, 0.4) is 0 Å². The molecular weight excluding hydrogens is 346 g/mol. The number of benzene rings is 1. The summed E-state index contributed by atoms with van der Waals surface area (Å²) in [6.45, 7) is 8.17. The molecule has 7 heteroatoms. The second-order valence-electron chi connectivity index (χ2n) is 7.71. The monoisotopic (exact) mass is 371 g/mol. The molecule has 1 saturated heterocycles. The number of alkyl carbamates (subject to hydrolysis) is 1. The zero-order chi connectivity index (χ0) is 19.6. The van der Waals surface area contributed by atoms with Crippen molar-refractivity contribution in [3.63, 3.8) is 0 Å². The van der Waals surface area contributed by atoms with Gasteiger partial charge in [0.15, 0.2) is 0 Å². The fourth-order valence-electron chi connectivity index (χ4n) is 3.11. The van der Waals surface area contributed by atoms with E-state index >= 15 is 0 Å². The molecule has 0 saturated carbocycles. The van der Waals surface area contributed by atoms with Crippen LogP contribution in [0.2, 0.25) is 0 Å². The Labute approximate surface area is 158 Å². The van der Waals surface area contributed by atoms with Gasteiger partial charge in [0.1, 0.15) is 22.6 Å². The van der Waals surface area contributed by atoms with Gasteiger partial charge in [-0.05, 0) is 34.1 Å². The molecule has 3 rings (SSSR count). The highest BCUT2D eigenvalue weighted by atomic mass is 16.6. The minimum Gasteiger partial charge on any atom is -0.444 e. The summed E-state index contributed by atoms with van der Waals surface area (Å²) in [5, 5.41) is 6.91. The molecule has 1 aliphatic rings. The van der Waals surface area contributed by atoms with Gasteiger partial charge in [-0.1, -0.05) is 35.5 Å². The van der Waals surface area contributed by atoms with Gasteiger partial charge < -0.3 is 19.5 Å². The van der Waals surface area contributed by atoms with E-state index < -0.39 is 11.7 Å². The summed E-state index contributed by atoms with van der Waals surface area (Å²) in [7, 11) is 0. The van der Waals surface area contributed by atoms with E-state index in [0.717, 1.165) is 5.56 Å². The normalized spacial score (nSPS) is 17.0. The van der Waals surface area contributed by atoms with E-state index in [2.05, 4.69) is 10.5 Å². The third kappa shape index (κ3) is 4.48. The molecule has 144 valence electrons. The van der Waals surface area contributed by atoms with Gasteiger partial charge in [-0.2, -0.15) is 0 Å². The number of carbonyl (C=O) groups is 2. The topological polar surface area (TPSA) is 84.7 Å². The molecule has 1 unspecified atom stereocenters. The summed E-state index contributed by atoms with van der Waals surface area (Å²) in [4.78, 5) is 26.7. The minimum absolute atomic E-state index is 0.135. The van der Waals surface area contributed by atoms with E-state index in [1.165, 1.54) is 0 Å². The number of aryl methyl sites for hydroxylation is 1. The van der Waals surface area contributed by atoms with Crippen LogP contribution in [0.25, 0.3) is 11.3 Å². The molecule has 1 N–H and O–H groups in total. The number of ether oxygens (including phenoxy) is 1. The van der Waals surface area contributed by atoms with Crippen LogP contribution < -0.4 is 5.32 Å². The van der Waals surface area contributed by atoms with Crippen molar-refractivity contribution in [2.75, 3.05) is 13.1 Å². The summed E-state index contributed by atoms with van der Waals surface area (Å²) in [6.07, 6.45) is 0.212. The number of nitrogens with one attached hydrogen (secondary N) is 1. The van der Waals surface area contributed by atoms with Gasteiger partial charge in [0.25, 0.3) is 5.91 Å². The van der Waals surface area contributed by atoms with Gasteiger partial charge in [-0.25, -0.2) is 4.79 Å². The average molecular weight is 371 g/mol. The molecule has 1 aliphatic heterocycles. The molecule has 2 aromatic rings. The smallest absolute Gasteiger partial charge is 0.407 e. The first-order valence-corrected chi connectivity index (χ1v) is 9.05. The highest BCUT2D eigenvalue weighted by Gasteiger charge is 2.32. The van der Waals surface area contributed by atoms with Crippen molar-refractivity contribution < 1.29 is 18.8 Å². The second-order valence-corrected chi connectivity index (χ2v) is 7.71. The molecule has 0 bridgehead atoms. The van der Waals surface area contributed by atoms with Crippen molar-refractivity contribution in [2.45, 2.75) is 45.8 Å². The predicted octanol–water partition coefficient (Wildman–Crippen LogP) is 3.39. The maximum Gasteiger partial charge on any atom is 0.407 e. The fraction of sp³-hybridized carbons (Fsp3) is 0.450. The lowest BCUT2D eigenvalue weighted by Gasteiger charge is -2.22. The highest BCUT2D eigenvalue weighted by Crippen LogP contribution is 2.27. The Kier molecular flexibility index (Phi) is 5.21. The van der Waals surface area contributed by atoms with Crippen molar-refractivity contribution in [1.29, 1.82) is 0 Å². The van der Waals surface area contributed by atoms with E-state index in [1.54, 1.807) is 11.8 Å². The van der Waals surface area contributed by atoms with E-state index in [-0.39, 0.29) is 11.9 Å². The van der Waals surface area contributed by atoms with Crippen LogP contribution in [0, 0.1) is 6.92 Å². The fourth-order valence-corrected chi connectivity index (χ4v) is 3.11. The number of aromatic nitrogens is 1. The van der Waals surface area contributed by atoms with Crippen molar-refractivity contribution in [3.8, 4) is 11.3 Å². The minimum atomic E-state index is -0.553. The third-order valence-electron chi connectivity index (χ3n) is 4.32. The van der Waals surface area contributed by atoms with Crippen molar-refractivity contribution in [2.24, 2.45) is 0 Å². The van der Waals surface area contributed by atoms with Crippen LogP contribution in [0.4, 0.5) is 4.79 Å². The van der Waals surface area contributed by atoms with Crippen LogP contribution >= 0.6 is 0 Å². The van der Waals surface area contributed by atoms with E-state index in [1.807, 2.05) is 51.1 Å². The molecular formula is C20H25N3O4. The molecule has 0 radical (unpaired) electrons. The molecule has 7 nitrogen and oxygen atoms in total. The number of rotatable bonds is 3. The standard InChI is InChI=1S/C20H25N3O4/c1-13-16(17(22-27-13)14-8-6-5-7-9-14)18(24)23-11-10-15(12-23)21-19(25)26-20(2,3)4/h5-9,15H,10-12H2,1-4H3,(H,21,25). The predicted molar refractivity (Wildman–Crippen MR) is 100 cm³/mol. The Bertz CT molecular complexity index is 823. The Morgan fingerprint density at radius 1 is 1.26 bits per heavy atom. The first-order chi connectivity index (χ1) is 12.7. The van der Waals surface area contributed by atoms with E-state index in [9.17, 15) is 9.59 Å². The zero-order valence-corrected chi connectivity index (χ0v) is 16.1. The van der Waals surface area contributed by atoms with Crippen LogP contribution in [0.5, 0.6) is 0 Å². The van der Waals surface area contributed by atoms with Crippen molar-refractivity contribution >= 4 is 12.0 Å². The Balaban J connectivity index is 1.70. The number of hydrogen-bond acceptors (Lipinski definition) is 5. The molecule has 2 amide bonds. The third-order valence-corrected chi connectivity index (χ3v) is 4.32. The molecule has 0 spiro atoms. The van der Waals surface area contributed by atoms with Gasteiger partial charge in [0, 0.05) is 18.7 Å². The van der Waals surface area contributed by atoms with Crippen LogP contribution in [0.1, 0.15) is 43.3 Å². The maximum atomic E-state index is 13.1. The lowest BCUT2D eigenvalue weighted by atomic mass is 10.1. The first kappa shape index (κ1) is 18.9. The van der Waals surface area contributed by atoms with Crippen molar-refractivity contribution in [1.82, 2.24) is 15.4 Å². The Morgan fingerprint density at radius 3 is 2.63 bits per heavy atom. The molecule has 1 atom stereocenters. The van der Waals surface area contributed by atoms with Crippen LogP contribution in [0.15, 0.2) is 34.9 Å². The number of amides is 2. The Morgan fingerprint density at radius 2 is 1.96 bits per heavy atom. The maximum absolute atomic E-state index is 13.1. The number of nitrogens with zero attached hydrogens (tertiary/aromatic N) is 2. The van der Waals surface area contributed by atoms with Gasteiger partial charge >= 0.3 is 6.09 Å². The molecule has 0 aliphatic carbocycles. The molecule has 1 fully saturated rings. The van der Waals surface area contributed by atoms with Gasteiger partial charge in [0.2, 0.25) is 0 Å².